The summed E-state index contributed by atoms with van der Waals surface area (Å²) in [6.45, 7) is 0. The maximum Gasteiger partial charge on any atom is 0.252 e. The number of nitrogens with one attached hydrogen (secondary N) is 1. The zero-order valence-corrected chi connectivity index (χ0v) is 13.3. The molecule has 106 valence electrons. The van der Waals surface area contributed by atoms with Gasteiger partial charge in [-0.05, 0) is 59.7 Å². The number of hydrogen-bond acceptors (Lipinski definition) is 3. The summed E-state index contributed by atoms with van der Waals surface area (Å²) in [6.07, 6.45) is 4.46. The minimum absolute atomic E-state index is 0.0232. The van der Waals surface area contributed by atoms with Gasteiger partial charge in [0.2, 0.25) is 5.91 Å². The van der Waals surface area contributed by atoms with Crippen LogP contribution in [0, 0.1) is 3.57 Å². The molecule has 4 nitrogen and oxygen atoms in total. The molecule has 1 N–H and O–H groups in total. The fraction of sp³-hybridized carbons (Fsp3) is 0.467. The van der Waals surface area contributed by atoms with Crippen LogP contribution < -0.4 is 5.32 Å². The van der Waals surface area contributed by atoms with Crippen LogP contribution in [0.15, 0.2) is 24.3 Å². The van der Waals surface area contributed by atoms with Gasteiger partial charge in [-0.15, -0.1) is 0 Å². The number of rotatable bonds is 3. The number of carbonyl (C=O) groups excluding carboxylic acids is 2. The summed E-state index contributed by atoms with van der Waals surface area (Å²) in [5, 5.41) is 3.19. The molecule has 2 amide bonds. The second-order valence-corrected chi connectivity index (χ2v) is 6.69. The van der Waals surface area contributed by atoms with Gasteiger partial charge < -0.3 is 5.32 Å². The van der Waals surface area contributed by atoms with E-state index < -0.39 is 6.04 Å². The van der Waals surface area contributed by atoms with Crippen molar-refractivity contribution in [2.45, 2.75) is 44.2 Å². The Hall–Kier alpha value is -1.11. The number of imide groups is 1. The molecule has 0 bridgehead atoms. The highest BCUT2D eigenvalue weighted by Gasteiger charge is 2.42. The van der Waals surface area contributed by atoms with Crippen molar-refractivity contribution in [1.82, 2.24) is 4.90 Å². The minimum Gasteiger partial charge on any atom is -0.373 e. The summed E-state index contributed by atoms with van der Waals surface area (Å²) in [4.78, 5) is 26.0. The molecule has 1 heterocycles. The van der Waals surface area contributed by atoms with E-state index in [0.717, 1.165) is 34.9 Å². The van der Waals surface area contributed by atoms with E-state index in [9.17, 15) is 9.59 Å². The van der Waals surface area contributed by atoms with Crippen molar-refractivity contribution in [1.29, 1.82) is 0 Å². The molecule has 3 rings (SSSR count). The Balaban J connectivity index is 1.70. The topological polar surface area (TPSA) is 49.4 Å². The highest BCUT2D eigenvalue weighted by Crippen LogP contribution is 2.29. The Morgan fingerprint density at radius 2 is 1.75 bits per heavy atom. The summed E-state index contributed by atoms with van der Waals surface area (Å²) in [7, 11) is 0. The molecule has 5 heteroatoms. The summed E-state index contributed by atoms with van der Waals surface area (Å²) in [5.74, 6) is -0.0784. The van der Waals surface area contributed by atoms with Crippen LogP contribution in [0.3, 0.4) is 0 Å². The molecule has 1 aliphatic carbocycles. The first-order valence-corrected chi connectivity index (χ1v) is 8.11. The molecule has 0 spiro atoms. The van der Waals surface area contributed by atoms with Crippen LogP contribution >= 0.6 is 22.6 Å². The first kappa shape index (κ1) is 13.9. The maximum atomic E-state index is 12.4. The van der Waals surface area contributed by atoms with Gasteiger partial charge in [0.1, 0.15) is 6.04 Å². The molecule has 2 aliphatic rings. The van der Waals surface area contributed by atoms with Gasteiger partial charge in [-0.2, -0.15) is 0 Å². The van der Waals surface area contributed by atoms with Crippen LogP contribution in [0.4, 0.5) is 5.69 Å². The standard InChI is InChI=1S/C15H17IN2O2/c16-10-5-7-11(8-6-10)17-13-9-14(19)18(15(13)20)12-3-1-2-4-12/h5-8,12-13,17H,1-4,9H2. The number of anilines is 1. The summed E-state index contributed by atoms with van der Waals surface area (Å²) >= 11 is 2.24. The van der Waals surface area contributed by atoms with Gasteiger partial charge in [0.25, 0.3) is 5.91 Å². The second-order valence-electron chi connectivity index (χ2n) is 5.45. The van der Waals surface area contributed by atoms with Crippen LogP contribution in [-0.2, 0) is 9.59 Å². The smallest absolute Gasteiger partial charge is 0.252 e. The highest BCUT2D eigenvalue weighted by molar-refractivity contribution is 14.1. The highest BCUT2D eigenvalue weighted by atomic mass is 127. The van der Waals surface area contributed by atoms with Crippen molar-refractivity contribution in [2.75, 3.05) is 5.32 Å². The van der Waals surface area contributed by atoms with Crippen LogP contribution in [0.1, 0.15) is 32.1 Å². The molecule has 1 unspecified atom stereocenters. The number of nitrogens with zero attached hydrogens (tertiary/aromatic N) is 1. The number of amides is 2. The number of hydrogen-bond donors (Lipinski definition) is 1. The lowest BCUT2D eigenvalue weighted by atomic mass is 10.2. The average Bonchev–Trinajstić information content (AvgIpc) is 3.02. The third kappa shape index (κ3) is 2.68. The molecule has 1 saturated heterocycles. The van der Waals surface area contributed by atoms with E-state index >= 15 is 0 Å². The molecule has 0 aromatic heterocycles. The van der Waals surface area contributed by atoms with Gasteiger partial charge in [-0.3, -0.25) is 14.5 Å². The monoisotopic (exact) mass is 384 g/mol. The van der Waals surface area contributed by atoms with E-state index in [2.05, 4.69) is 27.9 Å². The van der Waals surface area contributed by atoms with E-state index in [1.807, 2.05) is 24.3 Å². The third-order valence-electron chi connectivity index (χ3n) is 4.06. The Kier molecular flexibility index (Phi) is 3.96. The number of benzene rings is 1. The van der Waals surface area contributed by atoms with Crippen LogP contribution in [0.2, 0.25) is 0 Å². The van der Waals surface area contributed by atoms with Gasteiger partial charge >= 0.3 is 0 Å². The molecule has 0 radical (unpaired) electrons. The molecular weight excluding hydrogens is 367 g/mol. The molecule has 1 saturated carbocycles. The largest absolute Gasteiger partial charge is 0.373 e. The Bertz CT molecular complexity index is 523. The van der Waals surface area contributed by atoms with Crippen molar-refractivity contribution >= 4 is 40.1 Å². The first-order valence-electron chi connectivity index (χ1n) is 7.03. The summed E-state index contributed by atoms with van der Waals surface area (Å²) in [5.41, 5.74) is 0.893. The predicted octanol–water partition coefficient (Wildman–Crippen LogP) is 2.77. The lowest BCUT2D eigenvalue weighted by molar-refractivity contribution is -0.141. The second kappa shape index (κ2) is 5.71. The minimum atomic E-state index is -0.400. The normalized spacial score (nSPS) is 23.6. The zero-order chi connectivity index (χ0) is 14.1. The molecule has 1 aliphatic heterocycles. The van der Waals surface area contributed by atoms with Gasteiger partial charge in [-0.25, -0.2) is 0 Å². The molecule has 1 atom stereocenters. The van der Waals surface area contributed by atoms with Gasteiger partial charge in [0.05, 0.1) is 6.42 Å². The Morgan fingerprint density at radius 1 is 1.10 bits per heavy atom. The van der Waals surface area contributed by atoms with Crippen molar-refractivity contribution < 1.29 is 9.59 Å². The maximum absolute atomic E-state index is 12.4. The molecular formula is C15H17IN2O2. The first-order chi connectivity index (χ1) is 9.65. The van der Waals surface area contributed by atoms with Crippen LogP contribution in [0.5, 0.6) is 0 Å². The quantitative estimate of drug-likeness (QED) is 0.644. The van der Waals surface area contributed by atoms with E-state index in [0.29, 0.717) is 0 Å². The Morgan fingerprint density at radius 3 is 2.40 bits per heavy atom. The fourth-order valence-corrected chi connectivity index (χ4v) is 3.42. The van der Waals surface area contributed by atoms with Crippen molar-refractivity contribution in [3.05, 3.63) is 27.8 Å². The fourth-order valence-electron chi connectivity index (χ4n) is 3.06. The van der Waals surface area contributed by atoms with E-state index in [-0.39, 0.29) is 24.3 Å². The van der Waals surface area contributed by atoms with E-state index in [1.54, 1.807) is 0 Å². The summed E-state index contributed by atoms with van der Waals surface area (Å²) < 4.78 is 1.15. The third-order valence-corrected chi connectivity index (χ3v) is 4.78. The lowest BCUT2D eigenvalue weighted by Gasteiger charge is -2.22. The van der Waals surface area contributed by atoms with E-state index in [1.165, 1.54) is 4.90 Å². The lowest BCUT2D eigenvalue weighted by Crippen LogP contribution is -2.40. The Labute approximate surface area is 132 Å². The SMILES string of the molecule is O=C1CC(Nc2ccc(I)cc2)C(=O)N1C1CCCC1. The van der Waals surface area contributed by atoms with Gasteiger partial charge in [0.15, 0.2) is 0 Å². The van der Waals surface area contributed by atoms with Gasteiger partial charge in [0, 0.05) is 15.3 Å². The molecule has 2 fully saturated rings. The molecule has 20 heavy (non-hydrogen) atoms. The summed E-state index contributed by atoms with van der Waals surface area (Å²) in [6, 6.07) is 7.59. The van der Waals surface area contributed by atoms with Gasteiger partial charge in [-0.1, -0.05) is 12.8 Å². The average molecular weight is 384 g/mol. The number of likely N-dealkylation sites (tertiary alicyclic amines) is 1. The van der Waals surface area contributed by atoms with Crippen LogP contribution in [-0.4, -0.2) is 28.8 Å². The van der Waals surface area contributed by atoms with Crippen LogP contribution in [0.25, 0.3) is 0 Å². The number of halogens is 1. The van der Waals surface area contributed by atoms with Crippen molar-refractivity contribution in [2.24, 2.45) is 0 Å². The zero-order valence-electron chi connectivity index (χ0n) is 11.1. The molecule has 1 aromatic rings. The number of carbonyl (C=O) groups is 2. The van der Waals surface area contributed by atoms with Crippen molar-refractivity contribution in [3.8, 4) is 0 Å². The van der Waals surface area contributed by atoms with Crippen molar-refractivity contribution in [3.63, 3.8) is 0 Å². The predicted molar refractivity (Wildman–Crippen MR) is 85.3 cm³/mol. The molecule has 1 aromatic carbocycles. The van der Waals surface area contributed by atoms with E-state index in [4.69, 9.17) is 0 Å².